The Labute approximate surface area is 151 Å². The topological polar surface area (TPSA) is 55.8 Å². The second kappa shape index (κ2) is 8.79. The number of piperidine rings is 1. The molecule has 0 radical (unpaired) electrons. The lowest BCUT2D eigenvalue weighted by atomic mass is 9.96. The molecule has 1 atom stereocenters. The number of β-amino-alcohol motifs (C(OH)–C–C–N with tert-alkyl or cyclic N) is 1. The number of nitrogens with zero attached hydrogens (tertiary/aromatic N) is 2. The highest BCUT2D eigenvalue weighted by Gasteiger charge is 2.25. The van der Waals surface area contributed by atoms with Gasteiger partial charge in [0.2, 0.25) is 5.91 Å². The number of amides is 1. The van der Waals surface area contributed by atoms with Crippen molar-refractivity contribution in [3.8, 4) is 0 Å². The minimum absolute atomic E-state index is 0.124. The lowest BCUT2D eigenvalue weighted by molar-refractivity contribution is -0.134. The number of carbonyl (C=O) groups is 1. The fourth-order valence-electron chi connectivity index (χ4n) is 3.94. The largest absolute Gasteiger partial charge is 0.395 e. The number of hydrogen-bond acceptors (Lipinski definition) is 4. The number of hydrogen-bond donors (Lipinski definition) is 2. The molecule has 1 aromatic carbocycles. The van der Waals surface area contributed by atoms with Crippen LogP contribution in [0.1, 0.15) is 30.9 Å². The first-order valence-electron chi connectivity index (χ1n) is 9.59. The highest BCUT2D eigenvalue weighted by molar-refractivity contribution is 5.81. The highest BCUT2D eigenvalue weighted by atomic mass is 16.3. The quantitative estimate of drug-likeness (QED) is 0.815. The Bertz CT molecular complexity index is 570. The van der Waals surface area contributed by atoms with E-state index < -0.39 is 0 Å². The van der Waals surface area contributed by atoms with Crippen LogP contribution in [0, 0.1) is 5.92 Å². The summed E-state index contributed by atoms with van der Waals surface area (Å²) in [6.45, 7) is 7.59. The summed E-state index contributed by atoms with van der Waals surface area (Å²) in [6, 6.07) is 8.31. The summed E-state index contributed by atoms with van der Waals surface area (Å²) < 4.78 is 0. The zero-order chi connectivity index (χ0) is 17.6. The summed E-state index contributed by atoms with van der Waals surface area (Å²) in [5, 5.41) is 12.5. The van der Waals surface area contributed by atoms with Crippen LogP contribution in [-0.4, -0.2) is 66.2 Å². The lowest BCUT2D eigenvalue weighted by Gasteiger charge is -2.33. The molecule has 2 N–H and O–H groups in total. The van der Waals surface area contributed by atoms with Crippen LogP contribution in [0.4, 0.5) is 0 Å². The van der Waals surface area contributed by atoms with E-state index in [2.05, 4.69) is 34.5 Å². The van der Waals surface area contributed by atoms with Crippen molar-refractivity contribution >= 4 is 5.91 Å². The van der Waals surface area contributed by atoms with Crippen molar-refractivity contribution in [3.05, 3.63) is 35.4 Å². The Balaban J connectivity index is 1.43. The number of fused-ring (bicyclic) bond motifs is 1. The molecule has 1 aromatic rings. The van der Waals surface area contributed by atoms with Gasteiger partial charge in [0.05, 0.1) is 12.6 Å². The molecule has 1 saturated heterocycles. The van der Waals surface area contributed by atoms with E-state index in [9.17, 15) is 4.79 Å². The zero-order valence-corrected chi connectivity index (χ0v) is 15.3. The number of aliphatic hydroxyl groups is 1. The van der Waals surface area contributed by atoms with Gasteiger partial charge in [-0.15, -0.1) is 0 Å². The average molecular weight is 345 g/mol. The maximum absolute atomic E-state index is 12.7. The van der Waals surface area contributed by atoms with Crippen LogP contribution in [0.3, 0.4) is 0 Å². The van der Waals surface area contributed by atoms with E-state index >= 15 is 0 Å². The van der Waals surface area contributed by atoms with Gasteiger partial charge in [-0.25, -0.2) is 0 Å². The maximum Gasteiger partial charge on any atom is 0.239 e. The Morgan fingerprint density at radius 3 is 2.68 bits per heavy atom. The molecular formula is C20H31N3O2. The molecule has 5 heteroatoms. The smallest absolute Gasteiger partial charge is 0.239 e. The molecule has 0 aliphatic carbocycles. The minimum Gasteiger partial charge on any atom is -0.395 e. The van der Waals surface area contributed by atoms with Crippen molar-refractivity contribution in [2.75, 3.05) is 39.3 Å². The number of carbonyl (C=O) groups excluding carboxylic acids is 1. The maximum atomic E-state index is 12.7. The van der Waals surface area contributed by atoms with Crippen molar-refractivity contribution < 1.29 is 9.90 Å². The molecule has 0 saturated carbocycles. The summed E-state index contributed by atoms with van der Waals surface area (Å²) in [4.78, 5) is 17.1. The number of benzene rings is 1. The predicted octanol–water partition coefficient (Wildman–Crippen LogP) is 1.25. The molecule has 5 nitrogen and oxygen atoms in total. The standard InChI is InChI=1S/C20H31N3O2/c1-16(21-14-17-6-9-22(10-7-17)12-13-24)20(25)23-11-8-18-4-2-3-5-19(18)15-23/h2-5,16-17,21,24H,6-15H2,1H3/t16-/m0/s1. The van der Waals surface area contributed by atoms with Gasteiger partial charge in [-0.05, 0) is 62.9 Å². The molecular weight excluding hydrogens is 314 g/mol. The Hall–Kier alpha value is -1.43. The first-order valence-corrected chi connectivity index (χ1v) is 9.59. The molecule has 0 bridgehead atoms. The second-order valence-corrected chi connectivity index (χ2v) is 7.42. The number of rotatable bonds is 6. The first kappa shape index (κ1) is 18.4. The number of likely N-dealkylation sites (tertiary alicyclic amines) is 1. The number of aliphatic hydroxyl groups excluding tert-OH is 1. The summed E-state index contributed by atoms with van der Waals surface area (Å²) in [5.74, 6) is 0.847. The predicted molar refractivity (Wildman–Crippen MR) is 99.3 cm³/mol. The first-order chi connectivity index (χ1) is 12.2. The van der Waals surface area contributed by atoms with Crippen molar-refractivity contribution in [1.29, 1.82) is 0 Å². The Kier molecular flexibility index (Phi) is 6.45. The molecule has 1 amide bonds. The molecule has 2 aliphatic rings. The van der Waals surface area contributed by atoms with Gasteiger partial charge in [0.1, 0.15) is 0 Å². The van der Waals surface area contributed by atoms with Crippen LogP contribution in [0.2, 0.25) is 0 Å². The SMILES string of the molecule is C[C@H](NCC1CCN(CCO)CC1)C(=O)N1CCc2ccccc2C1. The van der Waals surface area contributed by atoms with Gasteiger partial charge in [0.15, 0.2) is 0 Å². The summed E-state index contributed by atoms with van der Waals surface area (Å²) in [6.07, 6.45) is 3.24. The fraction of sp³-hybridized carbons (Fsp3) is 0.650. The fourth-order valence-corrected chi connectivity index (χ4v) is 3.94. The van der Waals surface area contributed by atoms with Crippen LogP contribution in [0.5, 0.6) is 0 Å². The zero-order valence-electron chi connectivity index (χ0n) is 15.3. The van der Waals surface area contributed by atoms with Gasteiger partial charge in [-0.2, -0.15) is 0 Å². The van der Waals surface area contributed by atoms with Gasteiger partial charge in [0.25, 0.3) is 0 Å². The molecule has 0 unspecified atom stereocenters. The van der Waals surface area contributed by atoms with Gasteiger partial charge in [0, 0.05) is 19.6 Å². The Morgan fingerprint density at radius 2 is 1.96 bits per heavy atom. The number of nitrogens with one attached hydrogen (secondary N) is 1. The van der Waals surface area contributed by atoms with Crippen molar-refractivity contribution in [2.24, 2.45) is 5.92 Å². The molecule has 1 fully saturated rings. The van der Waals surface area contributed by atoms with Crippen molar-refractivity contribution in [3.63, 3.8) is 0 Å². The summed E-state index contributed by atoms with van der Waals surface area (Å²) in [5.41, 5.74) is 2.66. The van der Waals surface area contributed by atoms with E-state index in [4.69, 9.17) is 5.11 Å². The van der Waals surface area contributed by atoms with Crippen LogP contribution < -0.4 is 5.32 Å². The summed E-state index contributed by atoms with van der Waals surface area (Å²) in [7, 11) is 0. The molecule has 2 heterocycles. The van der Waals surface area contributed by atoms with Gasteiger partial charge in [-0.3, -0.25) is 4.79 Å². The van der Waals surface area contributed by atoms with Crippen LogP contribution in [-0.2, 0) is 17.8 Å². The van der Waals surface area contributed by atoms with Gasteiger partial charge in [-0.1, -0.05) is 24.3 Å². The van der Waals surface area contributed by atoms with E-state index in [-0.39, 0.29) is 18.6 Å². The van der Waals surface area contributed by atoms with Crippen molar-refractivity contribution in [2.45, 2.75) is 38.8 Å². The van der Waals surface area contributed by atoms with Crippen LogP contribution >= 0.6 is 0 Å². The third-order valence-electron chi connectivity index (χ3n) is 5.65. The normalized spacial score (nSPS) is 20.3. The van der Waals surface area contributed by atoms with Gasteiger partial charge < -0.3 is 20.2 Å². The van der Waals surface area contributed by atoms with E-state index in [1.54, 1.807) is 0 Å². The molecule has 0 spiro atoms. The van der Waals surface area contributed by atoms with Crippen LogP contribution in [0.25, 0.3) is 0 Å². The van der Waals surface area contributed by atoms with Gasteiger partial charge >= 0.3 is 0 Å². The third-order valence-corrected chi connectivity index (χ3v) is 5.65. The molecule has 3 rings (SSSR count). The van der Waals surface area contributed by atoms with E-state index in [0.29, 0.717) is 5.92 Å². The molecule has 2 aliphatic heterocycles. The molecule has 0 aromatic heterocycles. The Morgan fingerprint density at radius 1 is 1.24 bits per heavy atom. The molecule has 25 heavy (non-hydrogen) atoms. The van der Waals surface area contributed by atoms with Crippen molar-refractivity contribution in [1.82, 2.24) is 15.1 Å². The lowest BCUT2D eigenvalue weighted by Crippen LogP contribution is -2.48. The summed E-state index contributed by atoms with van der Waals surface area (Å²) >= 11 is 0. The average Bonchev–Trinajstić information content (AvgIpc) is 2.66. The van der Waals surface area contributed by atoms with Crippen LogP contribution in [0.15, 0.2) is 24.3 Å². The molecule has 138 valence electrons. The second-order valence-electron chi connectivity index (χ2n) is 7.42. The minimum atomic E-state index is -0.124. The van der Waals surface area contributed by atoms with E-state index in [0.717, 1.165) is 58.5 Å². The highest BCUT2D eigenvalue weighted by Crippen LogP contribution is 2.19. The van der Waals surface area contributed by atoms with E-state index in [1.807, 2.05) is 11.8 Å². The third kappa shape index (κ3) is 4.81. The monoisotopic (exact) mass is 345 g/mol. The van der Waals surface area contributed by atoms with E-state index in [1.165, 1.54) is 11.1 Å².